The highest BCUT2D eigenvalue weighted by Gasteiger charge is 2.27. The summed E-state index contributed by atoms with van der Waals surface area (Å²) in [7, 11) is -3.34. The Labute approximate surface area is 225 Å². The molecule has 0 saturated carbocycles. The van der Waals surface area contributed by atoms with Crippen LogP contribution in [-0.2, 0) is 10.0 Å². The second kappa shape index (κ2) is 10.4. The number of amides is 1. The van der Waals surface area contributed by atoms with E-state index in [1.54, 1.807) is 0 Å². The van der Waals surface area contributed by atoms with E-state index in [0.29, 0.717) is 6.54 Å². The fourth-order valence-electron chi connectivity index (χ4n) is 4.28. The Kier molecular flexibility index (Phi) is 7.09. The molecule has 1 saturated heterocycles. The number of nitrogens with zero attached hydrogens (tertiary/aromatic N) is 2. The molecule has 0 bridgehead atoms. The number of anilines is 1. The van der Waals surface area contributed by atoms with Crippen LogP contribution in [0.2, 0.25) is 5.02 Å². The quantitative estimate of drug-likeness (QED) is 0.262. The van der Waals surface area contributed by atoms with E-state index in [1.807, 2.05) is 4.72 Å². The third-order valence-corrected chi connectivity index (χ3v) is 7.73. The van der Waals surface area contributed by atoms with Crippen LogP contribution in [0, 0.1) is 17.5 Å². The van der Waals surface area contributed by atoms with Gasteiger partial charge in [-0.05, 0) is 37.2 Å². The minimum absolute atomic E-state index is 0.0284. The van der Waals surface area contributed by atoms with Crippen molar-refractivity contribution in [3.05, 3.63) is 64.7 Å². The maximum absolute atomic E-state index is 15.6. The lowest BCUT2D eigenvalue weighted by Gasteiger charge is -2.14. The van der Waals surface area contributed by atoms with Crippen molar-refractivity contribution in [2.45, 2.75) is 17.4 Å². The second-order valence-corrected chi connectivity index (χ2v) is 10.7. The number of pyridine rings is 1. The number of methoxy groups -OCH3 is 1. The Balaban J connectivity index is 1.52. The number of carbonyl (C=O) groups is 1. The van der Waals surface area contributed by atoms with E-state index in [2.05, 4.69) is 25.8 Å². The van der Waals surface area contributed by atoms with Gasteiger partial charge in [-0.1, -0.05) is 17.7 Å². The Morgan fingerprint density at radius 3 is 2.69 bits per heavy atom. The zero-order valence-corrected chi connectivity index (χ0v) is 21.7. The molecule has 0 aliphatic carbocycles. The first-order chi connectivity index (χ1) is 18.6. The van der Waals surface area contributed by atoms with Gasteiger partial charge in [-0.3, -0.25) is 14.6 Å². The van der Waals surface area contributed by atoms with Crippen LogP contribution in [0.1, 0.15) is 16.9 Å². The van der Waals surface area contributed by atoms with Crippen molar-refractivity contribution < 1.29 is 31.1 Å². The lowest BCUT2D eigenvalue weighted by molar-refractivity contribution is 0.0936. The van der Waals surface area contributed by atoms with Crippen molar-refractivity contribution in [3.8, 4) is 17.0 Å². The summed E-state index contributed by atoms with van der Waals surface area (Å²) in [6, 6.07) is 4.96. The molecule has 1 unspecified atom stereocenters. The molecule has 0 spiro atoms. The Bertz CT molecular complexity index is 1710. The fourth-order valence-corrected chi connectivity index (χ4v) is 5.71. The van der Waals surface area contributed by atoms with Crippen molar-refractivity contribution in [2.24, 2.45) is 0 Å². The van der Waals surface area contributed by atoms with Crippen molar-refractivity contribution in [1.82, 2.24) is 25.8 Å². The first kappa shape index (κ1) is 26.7. The summed E-state index contributed by atoms with van der Waals surface area (Å²) in [6.07, 6.45) is 1.89. The third-order valence-electron chi connectivity index (χ3n) is 6.16. The average Bonchev–Trinajstić information content (AvgIpc) is 3.57. The predicted molar refractivity (Wildman–Crippen MR) is 137 cm³/mol. The largest absolute Gasteiger partial charge is 0.480 e. The van der Waals surface area contributed by atoms with E-state index in [4.69, 9.17) is 16.3 Å². The molecule has 15 heteroatoms. The van der Waals surface area contributed by atoms with Gasteiger partial charge in [0, 0.05) is 29.7 Å². The highest BCUT2D eigenvalue weighted by atomic mass is 35.5. The summed E-state index contributed by atoms with van der Waals surface area (Å²) in [6.45, 7) is 1.34. The molecule has 5 rings (SSSR count). The zero-order chi connectivity index (χ0) is 27.9. The van der Waals surface area contributed by atoms with Crippen LogP contribution in [-0.4, -0.2) is 55.7 Å². The normalized spacial score (nSPS) is 15.5. The van der Waals surface area contributed by atoms with Gasteiger partial charge in [0.15, 0.2) is 22.2 Å². The van der Waals surface area contributed by atoms with Crippen LogP contribution in [0.4, 0.5) is 18.9 Å². The Morgan fingerprint density at radius 1 is 1.18 bits per heavy atom. The maximum Gasteiger partial charge on any atom is 0.272 e. The van der Waals surface area contributed by atoms with Gasteiger partial charge >= 0.3 is 0 Å². The van der Waals surface area contributed by atoms with Gasteiger partial charge in [-0.2, -0.15) is 5.10 Å². The molecule has 10 nitrogen and oxygen atoms in total. The van der Waals surface area contributed by atoms with E-state index in [1.165, 1.54) is 13.2 Å². The number of aromatic nitrogens is 3. The van der Waals surface area contributed by atoms with Gasteiger partial charge < -0.3 is 15.4 Å². The summed E-state index contributed by atoms with van der Waals surface area (Å²) in [5, 5.41) is 12.3. The molecule has 2 aromatic carbocycles. The first-order valence-electron chi connectivity index (χ1n) is 11.5. The highest BCUT2D eigenvalue weighted by molar-refractivity contribution is 7.92. The highest BCUT2D eigenvalue weighted by Crippen LogP contribution is 2.36. The van der Waals surface area contributed by atoms with Crippen molar-refractivity contribution in [1.29, 1.82) is 0 Å². The van der Waals surface area contributed by atoms with Crippen molar-refractivity contribution in [2.75, 3.05) is 24.9 Å². The van der Waals surface area contributed by atoms with E-state index in [-0.39, 0.29) is 33.5 Å². The maximum atomic E-state index is 15.6. The molecule has 0 radical (unpaired) electrons. The Morgan fingerprint density at radius 2 is 1.97 bits per heavy atom. The number of hydrogen-bond acceptors (Lipinski definition) is 7. The van der Waals surface area contributed by atoms with Gasteiger partial charge in [0.05, 0.1) is 23.4 Å². The molecule has 39 heavy (non-hydrogen) atoms. The smallest absolute Gasteiger partial charge is 0.272 e. The predicted octanol–water partition coefficient (Wildman–Crippen LogP) is 3.60. The number of halogens is 4. The average molecular weight is 581 g/mol. The number of rotatable bonds is 7. The topological polar surface area (TPSA) is 138 Å². The number of nitrogens with one attached hydrogen (secondary N) is 4. The number of hydrogen-bond donors (Lipinski definition) is 4. The lowest BCUT2D eigenvalue weighted by atomic mass is 10.0. The molecule has 1 aliphatic rings. The van der Waals surface area contributed by atoms with Gasteiger partial charge in [-0.15, -0.1) is 0 Å². The molecule has 204 valence electrons. The summed E-state index contributed by atoms with van der Waals surface area (Å²) in [4.78, 5) is 15.9. The minimum atomic E-state index is -4.52. The standard InChI is InChI=1S/C24H20ClF3N6O4S/c1-38-24-17(8-11(25)9-30-24)39(36,37)34-16-5-4-15(26)18(20(16)28)13-2-3-14-21(19(13)27)32-33-22(14)23(35)31-12-6-7-29-10-12/h2-5,8-9,12,29,34H,6-7,10H2,1H3,(H,31,35)(H,32,33). The minimum Gasteiger partial charge on any atom is -0.480 e. The van der Waals surface area contributed by atoms with Gasteiger partial charge in [0.25, 0.3) is 15.9 Å². The number of benzene rings is 2. The van der Waals surface area contributed by atoms with Gasteiger partial charge in [0.2, 0.25) is 5.88 Å². The van der Waals surface area contributed by atoms with E-state index in [0.717, 1.165) is 43.4 Å². The number of aromatic amines is 1. The van der Waals surface area contributed by atoms with E-state index >= 15 is 8.78 Å². The molecule has 4 N–H and O–H groups in total. The van der Waals surface area contributed by atoms with Crippen LogP contribution in [0.5, 0.6) is 5.88 Å². The zero-order valence-electron chi connectivity index (χ0n) is 20.1. The molecule has 1 atom stereocenters. The van der Waals surface area contributed by atoms with Crippen LogP contribution >= 0.6 is 11.6 Å². The molecular weight excluding hydrogens is 561 g/mol. The molecule has 2 aromatic heterocycles. The SMILES string of the molecule is COc1ncc(Cl)cc1S(=O)(=O)Nc1ccc(F)c(-c2ccc3c(C(=O)NC4CCNC4)n[nH]c3c2F)c1F. The molecule has 1 aliphatic heterocycles. The fraction of sp³-hybridized carbons (Fsp3) is 0.208. The van der Waals surface area contributed by atoms with Crippen molar-refractivity contribution >= 4 is 44.1 Å². The second-order valence-electron chi connectivity index (χ2n) is 8.64. The van der Waals surface area contributed by atoms with E-state index in [9.17, 15) is 17.6 Å². The summed E-state index contributed by atoms with van der Waals surface area (Å²) in [5.41, 5.74) is -2.34. The van der Waals surface area contributed by atoms with Crippen LogP contribution < -0.4 is 20.1 Å². The molecule has 3 heterocycles. The lowest BCUT2D eigenvalue weighted by Crippen LogP contribution is -2.36. The molecule has 4 aromatic rings. The summed E-state index contributed by atoms with van der Waals surface area (Å²) >= 11 is 5.86. The number of ether oxygens (including phenoxy) is 1. The van der Waals surface area contributed by atoms with Gasteiger partial charge in [-0.25, -0.2) is 26.6 Å². The molecule has 1 amide bonds. The summed E-state index contributed by atoms with van der Waals surface area (Å²) in [5.74, 6) is -4.45. The summed E-state index contributed by atoms with van der Waals surface area (Å²) < 4.78 is 78.9. The number of fused-ring (bicyclic) bond motifs is 1. The molecular formula is C24H20ClF3N6O4S. The number of sulfonamides is 1. The van der Waals surface area contributed by atoms with Crippen LogP contribution in [0.25, 0.3) is 22.0 Å². The third kappa shape index (κ3) is 4.97. The number of H-pyrrole nitrogens is 1. The Hall–Kier alpha value is -3.88. The monoisotopic (exact) mass is 580 g/mol. The molecule has 1 fully saturated rings. The first-order valence-corrected chi connectivity index (χ1v) is 13.4. The van der Waals surface area contributed by atoms with Crippen LogP contribution in [0.3, 0.4) is 0 Å². The van der Waals surface area contributed by atoms with Crippen LogP contribution in [0.15, 0.2) is 41.4 Å². The van der Waals surface area contributed by atoms with E-state index < -0.39 is 55.1 Å². The number of carbonyl (C=O) groups excluding carboxylic acids is 1. The van der Waals surface area contributed by atoms with Gasteiger partial charge in [0.1, 0.15) is 11.3 Å². The van der Waals surface area contributed by atoms with Crippen molar-refractivity contribution in [3.63, 3.8) is 0 Å².